The third-order valence-electron chi connectivity index (χ3n) is 4.92. The fraction of sp³-hybridized carbons (Fsp3) is 0.348. The molecule has 1 heterocycles. The maximum Gasteiger partial charge on any atom is 0.168 e. The Morgan fingerprint density at radius 2 is 1.93 bits per heavy atom. The van der Waals surface area contributed by atoms with Crippen LogP contribution >= 0.6 is 11.6 Å². The lowest BCUT2D eigenvalue weighted by atomic mass is 10.00. The molecule has 0 saturated heterocycles. The smallest absolute Gasteiger partial charge is 0.168 e. The van der Waals surface area contributed by atoms with E-state index in [0.717, 1.165) is 25.1 Å². The summed E-state index contributed by atoms with van der Waals surface area (Å²) in [6.45, 7) is 2.37. The highest BCUT2D eigenvalue weighted by Gasteiger charge is 2.18. The summed E-state index contributed by atoms with van der Waals surface area (Å²) in [7, 11) is 3.18. The van der Waals surface area contributed by atoms with Crippen molar-refractivity contribution in [2.24, 2.45) is 5.16 Å². The van der Waals surface area contributed by atoms with Crippen LogP contribution in [0.15, 0.2) is 53.7 Å². The predicted molar refractivity (Wildman–Crippen MR) is 119 cm³/mol. The number of oxime groups is 1. The highest BCUT2D eigenvalue weighted by atomic mass is 35.5. The molecule has 2 aromatic carbocycles. The van der Waals surface area contributed by atoms with Crippen LogP contribution in [0.4, 0.5) is 0 Å². The number of β-amino-alcohol motifs (C(OH)–C–C–N with tert-alkyl or cyclic N) is 1. The molecular formula is C23H27ClN2O4. The van der Waals surface area contributed by atoms with Gasteiger partial charge in [-0.15, -0.1) is 0 Å². The lowest BCUT2D eigenvalue weighted by Crippen LogP contribution is -2.38. The fourth-order valence-corrected chi connectivity index (χ4v) is 3.51. The summed E-state index contributed by atoms with van der Waals surface area (Å²) in [6, 6.07) is 13.9. The number of halogens is 1. The first-order valence-corrected chi connectivity index (χ1v) is 10.2. The van der Waals surface area contributed by atoms with Crippen LogP contribution in [0, 0.1) is 0 Å². The number of benzene rings is 2. The van der Waals surface area contributed by atoms with E-state index in [-0.39, 0.29) is 11.8 Å². The Hall–Kier alpha value is -2.54. The molecule has 1 aliphatic heterocycles. The van der Waals surface area contributed by atoms with Gasteiger partial charge in [0.15, 0.2) is 16.7 Å². The van der Waals surface area contributed by atoms with Crippen LogP contribution in [0.3, 0.4) is 0 Å². The molecule has 0 aliphatic carbocycles. The van der Waals surface area contributed by atoms with E-state index in [1.165, 1.54) is 11.1 Å². The molecule has 1 N–H and O–H groups in total. The van der Waals surface area contributed by atoms with Gasteiger partial charge in [-0.25, -0.2) is 0 Å². The van der Waals surface area contributed by atoms with Crippen molar-refractivity contribution in [1.29, 1.82) is 0 Å². The third-order valence-corrected chi connectivity index (χ3v) is 5.11. The number of aliphatic hydroxyl groups is 1. The molecule has 1 aliphatic rings. The zero-order valence-corrected chi connectivity index (χ0v) is 18.0. The second-order valence-corrected chi connectivity index (χ2v) is 7.45. The van der Waals surface area contributed by atoms with Crippen molar-refractivity contribution in [3.63, 3.8) is 0 Å². The Morgan fingerprint density at radius 3 is 2.70 bits per heavy atom. The van der Waals surface area contributed by atoms with Crippen LogP contribution in [-0.2, 0) is 17.8 Å². The van der Waals surface area contributed by atoms with Crippen molar-refractivity contribution < 1.29 is 19.4 Å². The van der Waals surface area contributed by atoms with E-state index in [9.17, 15) is 5.11 Å². The molecule has 1 unspecified atom stereocenters. The predicted octanol–water partition coefficient (Wildman–Crippen LogP) is 3.71. The van der Waals surface area contributed by atoms with Gasteiger partial charge in [0, 0.05) is 19.6 Å². The number of methoxy groups -OCH3 is 2. The molecular weight excluding hydrogens is 404 g/mol. The van der Waals surface area contributed by atoms with E-state index in [4.69, 9.17) is 25.9 Å². The molecule has 30 heavy (non-hydrogen) atoms. The average molecular weight is 431 g/mol. The average Bonchev–Trinajstić information content (AvgIpc) is 2.77. The molecule has 160 valence electrons. The van der Waals surface area contributed by atoms with E-state index in [1.54, 1.807) is 26.4 Å². The van der Waals surface area contributed by atoms with Crippen molar-refractivity contribution in [1.82, 2.24) is 4.90 Å². The van der Waals surface area contributed by atoms with Crippen molar-refractivity contribution in [2.75, 3.05) is 33.9 Å². The lowest BCUT2D eigenvalue weighted by molar-refractivity contribution is 0.0169. The molecule has 2 aromatic rings. The van der Waals surface area contributed by atoms with E-state index in [0.29, 0.717) is 18.0 Å². The SMILES string of the molecule is COc1ccc(C=CC(Cl)=NOCC(O)CN2CCc3ccccc3C2)cc1OC. The van der Waals surface area contributed by atoms with Gasteiger partial charge in [0.25, 0.3) is 0 Å². The Bertz CT molecular complexity index is 901. The van der Waals surface area contributed by atoms with E-state index >= 15 is 0 Å². The highest BCUT2D eigenvalue weighted by molar-refractivity contribution is 6.68. The fourth-order valence-electron chi connectivity index (χ4n) is 3.40. The number of hydrogen-bond donors (Lipinski definition) is 1. The minimum absolute atomic E-state index is 0.0819. The molecule has 0 aromatic heterocycles. The summed E-state index contributed by atoms with van der Waals surface area (Å²) < 4.78 is 10.5. The number of nitrogens with zero attached hydrogens (tertiary/aromatic N) is 2. The molecule has 0 bridgehead atoms. The Kier molecular flexibility index (Phi) is 8.13. The number of aliphatic hydroxyl groups excluding tert-OH is 1. The topological polar surface area (TPSA) is 63.5 Å². The summed E-state index contributed by atoms with van der Waals surface area (Å²) >= 11 is 6.08. The van der Waals surface area contributed by atoms with Crippen LogP contribution in [0.5, 0.6) is 11.5 Å². The standard InChI is InChI=1S/C23H27ClN2O4/c1-28-21-9-7-17(13-22(21)29-2)8-10-23(24)25-30-16-20(27)15-26-12-11-18-5-3-4-6-19(18)14-26/h3-10,13,20,27H,11-12,14-16H2,1-2H3. The van der Waals surface area contributed by atoms with E-state index < -0.39 is 6.10 Å². The minimum atomic E-state index is -0.640. The summed E-state index contributed by atoms with van der Waals surface area (Å²) in [6.07, 6.45) is 3.77. The lowest BCUT2D eigenvalue weighted by Gasteiger charge is -2.29. The van der Waals surface area contributed by atoms with Crippen molar-refractivity contribution in [2.45, 2.75) is 19.1 Å². The zero-order valence-electron chi connectivity index (χ0n) is 17.3. The first-order valence-electron chi connectivity index (χ1n) is 9.82. The van der Waals surface area contributed by atoms with Gasteiger partial charge < -0.3 is 19.4 Å². The molecule has 0 spiro atoms. The third kappa shape index (κ3) is 6.23. The van der Waals surface area contributed by atoms with Crippen molar-refractivity contribution >= 4 is 22.8 Å². The number of hydrogen-bond acceptors (Lipinski definition) is 6. The maximum atomic E-state index is 10.3. The summed E-state index contributed by atoms with van der Waals surface area (Å²) in [5.74, 6) is 1.29. The molecule has 7 heteroatoms. The van der Waals surface area contributed by atoms with Crippen molar-refractivity contribution in [3.05, 3.63) is 65.2 Å². The molecule has 0 amide bonds. The summed E-state index contributed by atoms with van der Waals surface area (Å²) in [4.78, 5) is 7.44. The molecule has 6 nitrogen and oxygen atoms in total. The number of allylic oxidation sites excluding steroid dienone is 1. The van der Waals surface area contributed by atoms with Crippen LogP contribution in [0.1, 0.15) is 16.7 Å². The zero-order chi connectivity index (χ0) is 21.3. The maximum absolute atomic E-state index is 10.3. The van der Waals surface area contributed by atoms with E-state index in [2.05, 4.69) is 28.3 Å². The van der Waals surface area contributed by atoms with Gasteiger partial charge in [0.05, 0.1) is 14.2 Å². The van der Waals surface area contributed by atoms with Crippen LogP contribution < -0.4 is 9.47 Å². The normalized spacial score (nSPS) is 15.7. The number of ether oxygens (including phenoxy) is 2. The van der Waals surface area contributed by atoms with Crippen LogP contribution in [0.2, 0.25) is 0 Å². The first kappa shape index (κ1) is 22.2. The molecule has 0 radical (unpaired) electrons. The van der Waals surface area contributed by atoms with Gasteiger partial charge in [0.1, 0.15) is 12.7 Å². The Morgan fingerprint density at radius 1 is 1.17 bits per heavy atom. The van der Waals surface area contributed by atoms with Gasteiger partial charge in [0.2, 0.25) is 0 Å². The van der Waals surface area contributed by atoms with Gasteiger partial charge in [-0.2, -0.15) is 0 Å². The van der Waals surface area contributed by atoms with Crippen LogP contribution in [-0.4, -0.2) is 55.2 Å². The minimum Gasteiger partial charge on any atom is -0.493 e. The second kappa shape index (κ2) is 11.0. The molecule has 3 rings (SSSR count). The van der Waals surface area contributed by atoms with Gasteiger partial charge in [-0.05, 0) is 41.3 Å². The number of fused-ring (bicyclic) bond motifs is 1. The Balaban J connectivity index is 1.45. The molecule has 1 atom stereocenters. The van der Waals surface area contributed by atoms with Gasteiger partial charge in [-0.1, -0.05) is 53.2 Å². The second-order valence-electron chi connectivity index (χ2n) is 7.07. The largest absolute Gasteiger partial charge is 0.493 e. The van der Waals surface area contributed by atoms with Gasteiger partial charge in [-0.3, -0.25) is 4.90 Å². The van der Waals surface area contributed by atoms with E-state index in [1.807, 2.05) is 24.3 Å². The highest BCUT2D eigenvalue weighted by Crippen LogP contribution is 2.28. The monoisotopic (exact) mass is 430 g/mol. The van der Waals surface area contributed by atoms with Crippen molar-refractivity contribution in [3.8, 4) is 11.5 Å². The molecule has 0 saturated carbocycles. The summed E-state index contributed by atoms with van der Waals surface area (Å²) in [5.41, 5.74) is 3.58. The summed E-state index contributed by atoms with van der Waals surface area (Å²) in [5, 5.41) is 14.3. The van der Waals surface area contributed by atoms with Crippen LogP contribution in [0.25, 0.3) is 6.08 Å². The quantitative estimate of drug-likeness (QED) is 0.485. The van der Waals surface area contributed by atoms with Gasteiger partial charge >= 0.3 is 0 Å². The first-order chi connectivity index (χ1) is 14.6. The Labute approximate surface area is 182 Å². The number of rotatable bonds is 9. The molecule has 0 fully saturated rings.